The highest BCUT2D eigenvalue weighted by Crippen LogP contribution is 2.24. The first-order valence-corrected chi connectivity index (χ1v) is 7.80. The number of rotatable bonds is 3. The van der Waals surface area contributed by atoms with E-state index in [2.05, 4.69) is 4.98 Å². The van der Waals surface area contributed by atoms with Crippen LogP contribution in [-0.2, 0) is 11.3 Å². The van der Waals surface area contributed by atoms with Crippen molar-refractivity contribution in [3.63, 3.8) is 0 Å². The molecule has 0 bridgehead atoms. The monoisotopic (exact) mass is 320 g/mol. The van der Waals surface area contributed by atoms with Crippen molar-refractivity contribution in [3.05, 3.63) is 34.7 Å². The van der Waals surface area contributed by atoms with E-state index < -0.39 is 5.60 Å². The molecule has 0 saturated carbocycles. The van der Waals surface area contributed by atoms with E-state index >= 15 is 0 Å². The first-order chi connectivity index (χ1) is 10.2. The van der Waals surface area contributed by atoms with Gasteiger partial charge < -0.3 is 14.7 Å². The minimum atomic E-state index is -0.509. The van der Waals surface area contributed by atoms with Crippen molar-refractivity contribution in [2.24, 2.45) is 0 Å². The molecule has 6 heteroatoms. The molecular weight excluding hydrogens is 300 g/mol. The predicted molar refractivity (Wildman–Crippen MR) is 86.9 cm³/mol. The van der Waals surface area contributed by atoms with Crippen LogP contribution in [0, 0.1) is 0 Å². The Hall–Kier alpha value is -2.08. The number of thiazole rings is 1. The molecule has 1 heterocycles. The molecule has 0 fully saturated rings. The van der Waals surface area contributed by atoms with E-state index in [0.717, 1.165) is 16.3 Å². The summed E-state index contributed by atoms with van der Waals surface area (Å²) in [6.07, 6.45) is -0.367. The van der Waals surface area contributed by atoms with Crippen molar-refractivity contribution >= 4 is 17.4 Å². The van der Waals surface area contributed by atoms with Gasteiger partial charge in [-0.2, -0.15) is 0 Å². The minimum absolute atomic E-state index is 0.226. The number of aromatic nitrogens is 1. The van der Waals surface area contributed by atoms with Crippen LogP contribution in [0.3, 0.4) is 0 Å². The summed E-state index contributed by atoms with van der Waals surface area (Å²) >= 11 is 1.49. The van der Waals surface area contributed by atoms with Crippen LogP contribution in [0.25, 0.3) is 11.3 Å². The third-order valence-corrected chi connectivity index (χ3v) is 3.63. The zero-order valence-electron chi connectivity index (χ0n) is 13.2. The van der Waals surface area contributed by atoms with Crippen molar-refractivity contribution in [3.8, 4) is 17.0 Å². The highest BCUT2D eigenvalue weighted by Gasteiger charge is 2.20. The Balaban J connectivity index is 2.03. The second kappa shape index (κ2) is 6.36. The molecule has 0 radical (unpaired) electrons. The smallest absolute Gasteiger partial charge is 0.410 e. The molecule has 2 aromatic rings. The van der Waals surface area contributed by atoms with E-state index in [1.54, 1.807) is 19.2 Å². The number of amides is 1. The van der Waals surface area contributed by atoms with Crippen molar-refractivity contribution in [2.75, 3.05) is 7.05 Å². The van der Waals surface area contributed by atoms with Crippen molar-refractivity contribution in [2.45, 2.75) is 32.9 Å². The van der Waals surface area contributed by atoms with Gasteiger partial charge >= 0.3 is 6.09 Å². The first kappa shape index (κ1) is 16.3. The lowest BCUT2D eigenvalue weighted by Gasteiger charge is -2.24. The van der Waals surface area contributed by atoms with Gasteiger partial charge in [-0.3, -0.25) is 0 Å². The van der Waals surface area contributed by atoms with Gasteiger partial charge in [-0.15, -0.1) is 11.3 Å². The van der Waals surface area contributed by atoms with Crippen LogP contribution in [-0.4, -0.2) is 33.7 Å². The number of phenols is 1. The lowest BCUT2D eigenvalue weighted by Crippen LogP contribution is -2.33. The molecule has 1 aromatic heterocycles. The van der Waals surface area contributed by atoms with Crippen molar-refractivity contribution in [1.82, 2.24) is 9.88 Å². The highest BCUT2D eigenvalue weighted by molar-refractivity contribution is 7.09. The SMILES string of the molecule is CN(Cc1nc(-c2ccc(O)cc2)cs1)C(=O)OC(C)(C)C. The molecule has 0 aliphatic rings. The van der Waals surface area contributed by atoms with Crippen molar-refractivity contribution in [1.29, 1.82) is 0 Å². The zero-order chi connectivity index (χ0) is 16.3. The summed E-state index contributed by atoms with van der Waals surface area (Å²) in [7, 11) is 1.69. The molecule has 0 aliphatic carbocycles. The van der Waals surface area contributed by atoms with Crippen LogP contribution in [0.2, 0.25) is 0 Å². The van der Waals surface area contributed by atoms with Crippen LogP contribution in [0.4, 0.5) is 4.79 Å². The molecule has 1 N–H and O–H groups in total. The molecule has 0 aliphatic heterocycles. The quantitative estimate of drug-likeness (QED) is 0.932. The number of hydrogen-bond donors (Lipinski definition) is 1. The molecule has 1 aromatic carbocycles. The van der Waals surface area contributed by atoms with Gasteiger partial charge in [-0.25, -0.2) is 9.78 Å². The number of phenolic OH excluding ortho intramolecular Hbond substituents is 1. The minimum Gasteiger partial charge on any atom is -0.508 e. The fourth-order valence-corrected chi connectivity index (χ4v) is 2.61. The molecule has 22 heavy (non-hydrogen) atoms. The third-order valence-electron chi connectivity index (χ3n) is 2.79. The van der Waals surface area contributed by atoms with Gasteiger partial charge in [-0.1, -0.05) is 0 Å². The molecule has 118 valence electrons. The van der Waals surface area contributed by atoms with E-state index in [-0.39, 0.29) is 11.8 Å². The number of aromatic hydroxyl groups is 1. The van der Waals surface area contributed by atoms with Gasteiger partial charge in [0.05, 0.1) is 12.2 Å². The van der Waals surface area contributed by atoms with Gasteiger partial charge in [-0.05, 0) is 45.0 Å². The fourth-order valence-electron chi connectivity index (χ4n) is 1.76. The van der Waals surface area contributed by atoms with Gasteiger partial charge in [0.2, 0.25) is 0 Å². The third kappa shape index (κ3) is 4.46. The number of ether oxygens (including phenoxy) is 1. The average Bonchev–Trinajstić information content (AvgIpc) is 2.86. The Morgan fingerprint density at radius 2 is 1.95 bits per heavy atom. The van der Waals surface area contributed by atoms with E-state index in [0.29, 0.717) is 6.54 Å². The van der Waals surface area contributed by atoms with Crippen LogP contribution in [0.15, 0.2) is 29.6 Å². The summed E-state index contributed by atoms with van der Waals surface area (Å²) < 4.78 is 5.31. The summed E-state index contributed by atoms with van der Waals surface area (Å²) in [5.74, 6) is 0.226. The second-order valence-electron chi connectivity index (χ2n) is 6.01. The normalized spacial score (nSPS) is 11.3. The number of hydrogen-bond acceptors (Lipinski definition) is 5. The molecule has 1 amide bonds. The summed E-state index contributed by atoms with van der Waals surface area (Å²) in [4.78, 5) is 18.0. The Morgan fingerprint density at radius 3 is 2.55 bits per heavy atom. The number of benzene rings is 1. The van der Waals surface area contributed by atoms with E-state index in [9.17, 15) is 9.90 Å². The molecule has 2 rings (SSSR count). The zero-order valence-corrected chi connectivity index (χ0v) is 14.0. The Morgan fingerprint density at radius 1 is 1.32 bits per heavy atom. The molecular formula is C16H20N2O3S. The van der Waals surface area contributed by atoms with Crippen LogP contribution >= 0.6 is 11.3 Å². The summed E-state index contributed by atoms with van der Waals surface area (Å²) in [6.45, 7) is 5.92. The Kier molecular flexibility index (Phi) is 4.71. The lowest BCUT2D eigenvalue weighted by atomic mass is 10.2. The standard InChI is InChI=1S/C16H20N2O3S/c1-16(2,3)21-15(20)18(4)9-14-17-13(10-22-14)11-5-7-12(19)8-6-11/h5-8,10,19H,9H2,1-4H3. The molecule has 5 nitrogen and oxygen atoms in total. The van der Waals surface area contributed by atoms with Crippen LogP contribution < -0.4 is 0 Å². The van der Waals surface area contributed by atoms with Gasteiger partial charge in [0, 0.05) is 18.0 Å². The van der Waals surface area contributed by atoms with Gasteiger partial charge in [0.15, 0.2) is 0 Å². The molecule has 0 spiro atoms. The largest absolute Gasteiger partial charge is 0.508 e. The molecule has 0 atom stereocenters. The number of carbonyl (C=O) groups is 1. The fraction of sp³-hybridized carbons (Fsp3) is 0.375. The predicted octanol–water partition coefficient (Wildman–Crippen LogP) is 3.88. The van der Waals surface area contributed by atoms with E-state index in [1.165, 1.54) is 16.2 Å². The summed E-state index contributed by atoms with van der Waals surface area (Å²) in [6, 6.07) is 6.87. The highest BCUT2D eigenvalue weighted by atomic mass is 32.1. The topological polar surface area (TPSA) is 62.7 Å². The maximum absolute atomic E-state index is 11.9. The number of carbonyl (C=O) groups excluding carboxylic acids is 1. The molecule has 0 unspecified atom stereocenters. The van der Waals surface area contributed by atoms with Gasteiger partial charge in [0.1, 0.15) is 16.4 Å². The van der Waals surface area contributed by atoms with Crippen molar-refractivity contribution < 1.29 is 14.6 Å². The average molecular weight is 320 g/mol. The summed E-state index contributed by atoms with van der Waals surface area (Å²) in [5.41, 5.74) is 1.25. The van der Waals surface area contributed by atoms with E-state index in [4.69, 9.17) is 4.74 Å². The maximum atomic E-state index is 11.9. The lowest BCUT2D eigenvalue weighted by molar-refractivity contribution is 0.0285. The van der Waals surface area contributed by atoms with Gasteiger partial charge in [0.25, 0.3) is 0 Å². The second-order valence-corrected chi connectivity index (χ2v) is 6.95. The van der Waals surface area contributed by atoms with Crippen LogP contribution in [0.5, 0.6) is 5.75 Å². The Labute approximate surface area is 134 Å². The number of nitrogens with zero attached hydrogens (tertiary/aromatic N) is 2. The maximum Gasteiger partial charge on any atom is 0.410 e. The molecule has 0 saturated heterocycles. The first-order valence-electron chi connectivity index (χ1n) is 6.92. The van der Waals surface area contributed by atoms with E-state index in [1.807, 2.05) is 38.3 Å². The summed E-state index contributed by atoms with van der Waals surface area (Å²) in [5, 5.41) is 12.1. The van der Waals surface area contributed by atoms with Crippen LogP contribution in [0.1, 0.15) is 25.8 Å². The Bertz CT molecular complexity index is 644.